The van der Waals surface area contributed by atoms with Gasteiger partial charge in [-0.2, -0.15) is 0 Å². The van der Waals surface area contributed by atoms with Crippen LogP contribution in [0.1, 0.15) is 67.1 Å². The smallest absolute Gasteiger partial charge is 0.335 e. The first-order valence-corrected chi connectivity index (χ1v) is 13.8. The zero-order valence-electron chi connectivity index (χ0n) is 19.9. The van der Waals surface area contributed by atoms with Gasteiger partial charge in [0.1, 0.15) is 10.9 Å². The van der Waals surface area contributed by atoms with Crippen molar-refractivity contribution in [1.29, 1.82) is 0 Å². The SMILES string of the molecule is CC1(C)OC(=NC23CC4CC(CC2C4)C3)NS(=O)(=O)C1c1ccc(-c2cccc(C(=O)O)c2)cc1. The molecule has 8 heteroatoms. The number of nitrogens with one attached hydrogen (secondary N) is 1. The van der Waals surface area contributed by atoms with Gasteiger partial charge in [0.25, 0.3) is 6.02 Å². The highest BCUT2D eigenvalue weighted by Crippen LogP contribution is 2.62. The number of aliphatic imine (C=N–C) groups is 1. The first-order chi connectivity index (χ1) is 16.5. The van der Waals surface area contributed by atoms with Crippen molar-refractivity contribution in [1.82, 2.24) is 4.72 Å². The van der Waals surface area contributed by atoms with Crippen LogP contribution in [0.5, 0.6) is 0 Å². The molecular weight excluding hydrogens is 464 g/mol. The van der Waals surface area contributed by atoms with Crippen molar-refractivity contribution in [3.05, 3.63) is 59.7 Å². The minimum Gasteiger partial charge on any atom is -0.478 e. The number of hydrogen-bond acceptors (Lipinski definition) is 5. The summed E-state index contributed by atoms with van der Waals surface area (Å²) in [5.74, 6) is 0.984. The normalized spacial score (nSPS) is 35.0. The number of carboxylic acids is 1. The molecule has 4 bridgehead atoms. The van der Waals surface area contributed by atoms with E-state index in [1.54, 1.807) is 44.2 Å². The quantitative estimate of drug-likeness (QED) is 0.638. The van der Waals surface area contributed by atoms with Crippen molar-refractivity contribution in [2.45, 2.75) is 62.3 Å². The first-order valence-electron chi connectivity index (χ1n) is 12.3. The van der Waals surface area contributed by atoms with Crippen LogP contribution in [0.15, 0.2) is 53.5 Å². The number of carbonyl (C=O) groups is 1. The van der Waals surface area contributed by atoms with Gasteiger partial charge in [0, 0.05) is 0 Å². The van der Waals surface area contributed by atoms with Gasteiger partial charge < -0.3 is 9.84 Å². The molecule has 7 nitrogen and oxygen atoms in total. The fourth-order valence-corrected chi connectivity index (χ4v) is 9.08. The minimum absolute atomic E-state index is 0.140. The Morgan fingerprint density at radius 2 is 1.71 bits per heavy atom. The number of sulfonamides is 1. The maximum atomic E-state index is 13.5. The monoisotopic (exact) mass is 494 g/mol. The fraction of sp³-hybridized carbons (Fsp3) is 0.481. The third kappa shape index (κ3) is 3.73. The average molecular weight is 495 g/mol. The van der Waals surface area contributed by atoms with E-state index in [0.29, 0.717) is 23.3 Å². The summed E-state index contributed by atoms with van der Waals surface area (Å²) in [4.78, 5) is 16.3. The molecule has 4 aliphatic carbocycles. The van der Waals surface area contributed by atoms with Gasteiger partial charge in [-0.1, -0.05) is 36.4 Å². The molecule has 2 aromatic rings. The summed E-state index contributed by atoms with van der Waals surface area (Å²) in [6.07, 6.45) is 5.77. The molecule has 2 aromatic carbocycles. The minimum atomic E-state index is -3.79. The summed E-state index contributed by atoms with van der Waals surface area (Å²) < 4.78 is 35.9. The van der Waals surface area contributed by atoms with Crippen molar-refractivity contribution >= 4 is 22.0 Å². The summed E-state index contributed by atoms with van der Waals surface area (Å²) >= 11 is 0. The van der Waals surface area contributed by atoms with E-state index in [1.807, 2.05) is 18.2 Å². The van der Waals surface area contributed by atoms with Crippen LogP contribution >= 0.6 is 0 Å². The highest BCUT2D eigenvalue weighted by Gasteiger charge is 2.59. The largest absolute Gasteiger partial charge is 0.478 e. The Kier molecular flexibility index (Phi) is 4.88. The third-order valence-corrected chi connectivity index (χ3v) is 10.4. The molecule has 4 saturated carbocycles. The number of benzene rings is 2. The van der Waals surface area contributed by atoms with Gasteiger partial charge in [0.15, 0.2) is 0 Å². The van der Waals surface area contributed by atoms with Gasteiger partial charge in [-0.15, -0.1) is 0 Å². The van der Waals surface area contributed by atoms with Crippen LogP contribution in [0.25, 0.3) is 11.1 Å². The van der Waals surface area contributed by atoms with Crippen molar-refractivity contribution in [2.24, 2.45) is 22.7 Å². The highest BCUT2D eigenvalue weighted by molar-refractivity contribution is 7.90. The Hall–Kier alpha value is -2.87. The number of rotatable bonds is 4. The molecule has 5 fully saturated rings. The van der Waals surface area contributed by atoms with E-state index in [2.05, 4.69) is 4.72 Å². The number of ether oxygens (including phenoxy) is 1. The van der Waals surface area contributed by atoms with Gasteiger partial charge in [-0.3, -0.25) is 0 Å². The molecule has 3 atom stereocenters. The molecule has 1 heterocycles. The van der Waals surface area contributed by atoms with Crippen LogP contribution in [-0.2, 0) is 14.8 Å². The number of carboxylic acid groups (broad SMARTS) is 1. The van der Waals surface area contributed by atoms with E-state index >= 15 is 0 Å². The summed E-state index contributed by atoms with van der Waals surface area (Å²) in [5.41, 5.74) is 1.20. The van der Waals surface area contributed by atoms with Gasteiger partial charge in [-0.05, 0) is 92.5 Å². The molecule has 0 amide bonds. The number of aromatic carboxylic acids is 1. The van der Waals surface area contributed by atoms with Crippen LogP contribution in [0.2, 0.25) is 0 Å². The Bertz CT molecular complexity index is 1320. The number of hydrogen-bond donors (Lipinski definition) is 2. The number of amidine groups is 1. The Morgan fingerprint density at radius 1 is 1.03 bits per heavy atom. The number of nitrogens with zero attached hydrogens (tertiary/aromatic N) is 1. The highest BCUT2D eigenvalue weighted by atomic mass is 32.2. The van der Waals surface area contributed by atoms with E-state index < -0.39 is 26.8 Å². The second kappa shape index (κ2) is 7.56. The van der Waals surface area contributed by atoms with Crippen LogP contribution in [0.3, 0.4) is 0 Å². The lowest BCUT2D eigenvalue weighted by atomic mass is 9.81. The molecule has 7 rings (SSSR count). The predicted octanol–water partition coefficient (Wildman–Crippen LogP) is 4.76. The van der Waals surface area contributed by atoms with Crippen LogP contribution in [0, 0.1) is 17.8 Å². The molecule has 35 heavy (non-hydrogen) atoms. The summed E-state index contributed by atoms with van der Waals surface area (Å²) in [6.45, 7) is 3.59. The third-order valence-electron chi connectivity index (χ3n) is 8.46. The van der Waals surface area contributed by atoms with Gasteiger partial charge >= 0.3 is 5.97 Å². The molecular formula is C27H30N2O5S. The summed E-state index contributed by atoms with van der Waals surface area (Å²) in [7, 11) is -3.79. The topological polar surface area (TPSA) is 105 Å². The van der Waals surface area contributed by atoms with Gasteiger partial charge in [0.2, 0.25) is 10.0 Å². The second-order valence-electron chi connectivity index (χ2n) is 11.3. The molecule has 1 saturated heterocycles. The van der Waals surface area contributed by atoms with E-state index in [-0.39, 0.29) is 17.1 Å². The molecule has 0 spiro atoms. The molecule has 0 aromatic heterocycles. The standard InChI is InChI=1S/C27H30N2O5S/c1-26(2)23(19-8-6-18(7-9-19)20-4-3-5-21(13-20)24(30)31)35(32,33)29-25(34-26)28-27-14-16-10-17(15-27)12-22(27)11-16/h3-9,13,16-17,22-23H,10-12,14-15H2,1-2H3,(H,28,29)(H,30,31). The van der Waals surface area contributed by atoms with Crippen molar-refractivity contribution < 1.29 is 23.1 Å². The molecule has 2 N–H and O–H groups in total. The maximum absolute atomic E-state index is 13.5. The molecule has 1 aliphatic heterocycles. The van der Waals surface area contributed by atoms with E-state index in [1.165, 1.54) is 19.3 Å². The van der Waals surface area contributed by atoms with Crippen LogP contribution in [0.4, 0.5) is 0 Å². The molecule has 3 unspecified atom stereocenters. The lowest BCUT2D eigenvalue weighted by molar-refractivity contribution is 0.0695. The van der Waals surface area contributed by atoms with E-state index in [9.17, 15) is 18.3 Å². The Balaban J connectivity index is 1.28. The van der Waals surface area contributed by atoms with E-state index in [4.69, 9.17) is 9.73 Å². The van der Waals surface area contributed by atoms with E-state index in [0.717, 1.165) is 24.0 Å². The predicted molar refractivity (Wildman–Crippen MR) is 133 cm³/mol. The molecule has 184 valence electrons. The first kappa shape index (κ1) is 22.6. The zero-order chi connectivity index (χ0) is 24.6. The molecule has 5 aliphatic rings. The summed E-state index contributed by atoms with van der Waals surface area (Å²) in [6, 6.07) is 14.0. The Labute approximate surface area is 205 Å². The van der Waals surface area contributed by atoms with Gasteiger partial charge in [0.05, 0.1) is 11.1 Å². The average Bonchev–Trinajstić information content (AvgIpc) is 3.15. The van der Waals surface area contributed by atoms with Crippen LogP contribution < -0.4 is 4.72 Å². The van der Waals surface area contributed by atoms with Crippen molar-refractivity contribution in [3.8, 4) is 11.1 Å². The van der Waals surface area contributed by atoms with Gasteiger partial charge in [-0.25, -0.2) is 22.9 Å². The lowest BCUT2D eigenvalue weighted by Crippen LogP contribution is -2.54. The maximum Gasteiger partial charge on any atom is 0.335 e. The van der Waals surface area contributed by atoms with Crippen molar-refractivity contribution in [3.63, 3.8) is 0 Å². The Morgan fingerprint density at radius 3 is 2.34 bits per heavy atom. The second-order valence-corrected chi connectivity index (χ2v) is 13.1. The summed E-state index contributed by atoms with van der Waals surface area (Å²) in [5, 5.41) is 8.35. The fourth-order valence-electron chi connectivity index (χ4n) is 7.32. The lowest BCUT2D eigenvalue weighted by Gasteiger charge is -2.40. The van der Waals surface area contributed by atoms with Crippen LogP contribution in [-0.4, -0.2) is 36.7 Å². The molecule has 0 radical (unpaired) electrons. The zero-order valence-corrected chi connectivity index (χ0v) is 20.7. The van der Waals surface area contributed by atoms with Crippen molar-refractivity contribution in [2.75, 3.05) is 0 Å².